The molecule has 0 fully saturated rings. The zero-order valence-electron chi connectivity index (χ0n) is 19.4. The molecule has 0 rings (SSSR count). The number of amides is 1. The van der Waals surface area contributed by atoms with Crippen molar-refractivity contribution < 1.29 is 14.3 Å². The molecule has 0 saturated heterocycles. The van der Waals surface area contributed by atoms with E-state index in [-0.39, 0.29) is 6.09 Å². The van der Waals surface area contributed by atoms with Crippen LogP contribution in [0.15, 0.2) is 12.3 Å². The number of unbranched alkanes of at least 4 members (excludes halogenated alkanes) is 3. The molecule has 0 radical (unpaired) electrons. The normalized spacial score (nSPS) is 12.4. The van der Waals surface area contributed by atoms with Gasteiger partial charge < -0.3 is 0 Å². The molecule has 5 heteroatoms. The van der Waals surface area contributed by atoms with E-state index in [1.165, 1.54) is 56.3 Å². The first-order chi connectivity index (χ1) is 13.2. The molecule has 28 heavy (non-hydrogen) atoms. The molecule has 0 aromatic carbocycles. The second-order valence-electron chi connectivity index (χ2n) is 9.03. The molecule has 0 spiro atoms. The van der Waals surface area contributed by atoms with E-state index < -0.39 is 24.0 Å². The summed E-state index contributed by atoms with van der Waals surface area (Å²) in [6, 6.07) is 0. The van der Waals surface area contributed by atoms with Crippen LogP contribution >= 0.6 is 0 Å². The zero-order chi connectivity index (χ0) is 21.5. The van der Waals surface area contributed by atoms with Crippen LogP contribution in [0, 0.1) is 0 Å². The first kappa shape index (κ1) is 27.5. The number of nitrogens with zero attached hydrogens (tertiary/aromatic N) is 1. The Morgan fingerprint density at radius 1 is 0.964 bits per heavy atom. The molecule has 0 bridgehead atoms. The van der Waals surface area contributed by atoms with Gasteiger partial charge >= 0.3 is 179 Å². The molecule has 0 saturated carbocycles. The van der Waals surface area contributed by atoms with Gasteiger partial charge in [-0.1, -0.05) is 0 Å². The van der Waals surface area contributed by atoms with Crippen LogP contribution in [0.5, 0.6) is 0 Å². The van der Waals surface area contributed by atoms with E-state index in [4.69, 9.17) is 4.74 Å². The van der Waals surface area contributed by atoms with Gasteiger partial charge in [-0.25, -0.2) is 0 Å². The molecule has 0 aromatic heterocycles. The number of hydrogen-bond donors (Lipinski definition) is 0. The maximum atomic E-state index is 12.5. The molecular weight excluding hydrogens is 457 g/mol. The van der Waals surface area contributed by atoms with Gasteiger partial charge in [0.25, 0.3) is 0 Å². The van der Waals surface area contributed by atoms with Crippen LogP contribution in [0.4, 0.5) is 4.79 Å². The number of carbonyl (C=O) groups is 2. The molecule has 0 N–H and O–H groups in total. The van der Waals surface area contributed by atoms with E-state index in [1.807, 2.05) is 27.0 Å². The number of aldehydes is 1. The van der Waals surface area contributed by atoms with Crippen LogP contribution in [0.25, 0.3) is 0 Å². The third kappa shape index (κ3) is 12.8. The average molecular weight is 502 g/mol. The fourth-order valence-electron chi connectivity index (χ4n) is 3.51. The second-order valence-corrected chi connectivity index (χ2v) is 23.0. The number of ether oxygens (including phenoxy) is 1. The summed E-state index contributed by atoms with van der Waals surface area (Å²) in [4.78, 5) is 24.9. The molecule has 0 unspecified atom stereocenters. The van der Waals surface area contributed by atoms with E-state index in [9.17, 15) is 9.59 Å². The van der Waals surface area contributed by atoms with Gasteiger partial charge in [0.15, 0.2) is 0 Å². The zero-order valence-corrected chi connectivity index (χ0v) is 22.2. The maximum absolute atomic E-state index is 12.5. The summed E-state index contributed by atoms with van der Waals surface area (Å²) in [5.41, 5.74) is -0.531. The Morgan fingerprint density at radius 3 is 1.86 bits per heavy atom. The molecule has 0 aromatic rings. The summed E-state index contributed by atoms with van der Waals surface area (Å²) in [5.74, 6) is 0. The minimum absolute atomic E-state index is 0.333. The molecular formula is C23H45NO3Sn. The summed E-state index contributed by atoms with van der Waals surface area (Å²) in [5, 5.41) is 0. The summed E-state index contributed by atoms with van der Waals surface area (Å²) < 4.78 is 11.1. The van der Waals surface area contributed by atoms with Crippen molar-refractivity contribution in [3.05, 3.63) is 12.3 Å². The Morgan fingerprint density at radius 2 is 1.46 bits per heavy atom. The summed E-state index contributed by atoms with van der Waals surface area (Å²) in [6.45, 7) is 12.9. The van der Waals surface area contributed by atoms with Gasteiger partial charge in [-0.15, -0.1) is 0 Å². The first-order valence-corrected chi connectivity index (χ1v) is 19.4. The quantitative estimate of drug-likeness (QED) is 0.176. The van der Waals surface area contributed by atoms with E-state index in [0.29, 0.717) is 13.0 Å². The molecule has 1 amide bonds. The number of carbonyl (C=O) groups excluding carboxylic acids is 2. The van der Waals surface area contributed by atoms with Crippen molar-refractivity contribution in [1.82, 2.24) is 4.90 Å². The van der Waals surface area contributed by atoms with Gasteiger partial charge in [0, 0.05) is 0 Å². The van der Waals surface area contributed by atoms with Gasteiger partial charge in [-0.3, -0.25) is 0 Å². The van der Waals surface area contributed by atoms with Gasteiger partial charge in [0.1, 0.15) is 0 Å². The third-order valence-electron chi connectivity index (χ3n) is 5.13. The van der Waals surface area contributed by atoms with Crippen LogP contribution < -0.4 is 0 Å². The number of allylic oxidation sites excluding steroid dienone is 1. The van der Waals surface area contributed by atoms with Gasteiger partial charge in [-0.05, 0) is 0 Å². The number of hydrogen-bond acceptors (Lipinski definition) is 3. The van der Waals surface area contributed by atoms with Gasteiger partial charge in [-0.2, -0.15) is 0 Å². The molecule has 0 atom stereocenters. The fourth-order valence-corrected chi connectivity index (χ4v) is 18.6. The van der Waals surface area contributed by atoms with Crippen LogP contribution in [0.1, 0.15) is 86.5 Å². The Hall–Kier alpha value is -0.521. The van der Waals surface area contributed by atoms with Crippen molar-refractivity contribution >= 4 is 30.8 Å². The van der Waals surface area contributed by atoms with E-state index in [1.54, 1.807) is 4.90 Å². The Labute approximate surface area is 178 Å². The molecule has 0 aliphatic rings. The summed E-state index contributed by atoms with van der Waals surface area (Å²) >= 11 is -2.24. The molecule has 4 nitrogen and oxygen atoms in total. The summed E-state index contributed by atoms with van der Waals surface area (Å²) in [7, 11) is 0. The predicted octanol–water partition coefficient (Wildman–Crippen LogP) is 7.18. The van der Waals surface area contributed by atoms with E-state index in [0.717, 1.165) is 6.29 Å². The van der Waals surface area contributed by atoms with Crippen molar-refractivity contribution in [3.8, 4) is 0 Å². The number of rotatable bonds is 15. The molecule has 164 valence electrons. The standard InChI is InChI=1S/C11H18NO3.3C4H9.Sn/c1-5-7-12(8-6-9-13)10(14)15-11(2,3)4;3*1-3-4-2;/h5,7,9H,1,6,8H2,2-4H3;3*1,3-4H2,2H3;/b7-5+;;;;. The average Bonchev–Trinajstić information content (AvgIpc) is 2.63. The van der Waals surface area contributed by atoms with Crippen LogP contribution in [0.3, 0.4) is 0 Å². The van der Waals surface area contributed by atoms with Crippen LogP contribution in [-0.2, 0) is 9.53 Å². The van der Waals surface area contributed by atoms with Crippen LogP contribution in [0.2, 0.25) is 17.7 Å². The third-order valence-corrected chi connectivity index (χ3v) is 20.4. The molecule has 0 aliphatic heterocycles. The Balaban J connectivity index is 5.28. The van der Waals surface area contributed by atoms with Gasteiger partial charge in [0.2, 0.25) is 0 Å². The van der Waals surface area contributed by atoms with Crippen molar-refractivity contribution in [1.29, 1.82) is 0 Å². The van der Waals surface area contributed by atoms with Crippen molar-refractivity contribution in [2.75, 3.05) is 6.54 Å². The minimum atomic E-state index is -2.24. The Kier molecular flexibility index (Phi) is 15.1. The second kappa shape index (κ2) is 15.3. The Bertz CT molecular complexity index is 435. The first-order valence-electron chi connectivity index (χ1n) is 11.3. The SMILES string of the molecule is CCC[CH2][Sn]([CH2]/C=C/N(CCC=O)C(=O)OC(C)(C)C)([CH2]CCC)[CH2]CCC. The molecule has 0 heterocycles. The van der Waals surface area contributed by atoms with Crippen molar-refractivity contribution in [2.24, 2.45) is 0 Å². The van der Waals surface area contributed by atoms with E-state index in [2.05, 4.69) is 26.8 Å². The topological polar surface area (TPSA) is 46.6 Å². The van der Waals surface area contributed by atoms with Crippen LogP contribution in [-0.4, -0.2) is 47.8 Å². The van der Waals surface area contributed by atoms with Gasteiger partial charge in [0.05, 0.1) is 0 Å². The van der Waals surface area contributed by atoms with E-state index >= 15 is 0 Å². The summed E-state index contributed by atoms with van der Waals surface area (Å²) in [6.07, 6.45) is 12.8. The fraction of sp³-hybridized carbons (Fsp3) is 0.826. The molecule has 0 aliphatic carbocycles. The van der Waals surface area contributed by atoms with Crippen molar-refractivity contribution in [3.63, 3.8) is 0 Å². The monoisotopic (exact) mass is 503 g/mol. The van der Waals surface area contributed by atoms with Crippen molar-refractivity contribution in [2.45, 2.75) is 110 Å². The predicted molar refractivity (Wildman–Crippen MR) is 122 cm³/mol.